The molecule has 1 aliphatic heterocycles. The van der Waals surface area contributed by atoms with Crippen molar-refractivity contribution >= 4 is 11.8 Å². The second kappa shape index (κ2) is 14.4. The molecule has 24 heavy (non-hydrogen) atoms. The number of hydrogen-bond acceptors (Lipinski definition) is 5. The SMILES string of the molecule is CCCCOC[C@H]1SC(COC)[C@@H](OCCCC)[C@H]1OCCCC. The Labute approximate surface area is 153 Å². The van der Waals surface area contributed by atoms with Gasteiger partial charge in [-0.25, -0.2) is 0 Å². The van der Waals surface area contributed by atoms with E-state index >= 15 is 0 Å². The summed E-state index contributed by atoms with van der Waals surface area (Å²) in [5.74, 6) is 0. The molecule has 1 saturated heterocycles. The van der Waals surface area contributed by atoms with Crippen molar-refractivity contribution < 1.29 is 18.9 Å². The van der Waals surface area contributed by atoms with Gasteiger partial charge in [0.25, 0.3) is 0 Å². The maximum Gasteiger partial charge on any atom is 0.0989 e. The average Bonchev–Trinajstić information content (AvgIpc) is 2.90. The number of unbranched alkanes of at least 4 members (excludes halogenated alkanes) is 3. The van der Waals surface area contributed by atoms with Crippen LogP contribution in [0.5, 0.6) is 0 Å². The van der Waals surface area contributed by atoms with Crippen molar-refractivity contribution in [3.63, 3.8) is 0 Å². The highest BCUT2D eigenvalue weighted by molar-refractivity contribution is 8.01. The molecule has 1 fully saturated rings. The van der Waals surface area contributed by atoms with E-state index in [1.807, 2.05) is 11.8 Å². The van der Waals surface area contributed by atoms with E-state index in [0.717, 1.165) is 58.5 Å². The van der Waals surface area contributed by atoms with E-state index in [2.05, 4.69) is 20.8 Å². The number of ether oxygens (including phenoxy) is 4. The number of methoxy groups -OCH3 is 1. The molecule has 0 radical (unpaired) electrons. The van der Waals surface area contributed by atoms with Gasteiger partial charge in [0.05, 0.1) is 35.9 Å². The molecular formula is C19H38O4S. The van der Waals surface area contributed by atoms with E-state index in [1.165, 1.54) is 6.42 Å². The molecule has 0 bridgehead atoms. The van der Waals surface area contributed by atoms with Gasteiger partial charge in [0, 0.05) is 26.9 Å². The molecule has 0 spiro atoms. The van der Waals surface area contributed by atoms with Gasteiger partial charge in [-0.3, -0.25) is 0 Å². The van der Waals surface area contributed by atoms with E-state index in [1.54, 1.807) is 7.11 Å². The Bertz CT molecular complexity index is 291. The highest BCUT2D eigenvalue weighted by Crippen LogP contribution is 2.38. The molecule has 0 aromatic carbocycles. The predicted molar refractivity (Wildman–Crippen MR) is 102 cm³/mol. The summed E-state index contributed by atoms with van der Waals surface area (Å²) < 4.78 is 23.8. The standard InChI is InChI=1S/C19H38O4S/c1-5-8-11-21-15-17-19(23-13-10-7-3)18(22-12-9-6-2)16(24-17)14-20-4/h16-19H,5-15H2,1-4H3/t16?,17-,18-,19+/m1/s1. The average molecular weight is 363 g/mol. The molecule has 4 nitrogen and oxygen atoms in total. The lowest BCUT2D eigenvalue weighted by atomic mass is 10.1. The van der Waals surface area contributed by atoms with E-state index in [4.69, 9.17) is 18.9 Å². The molecule has 1 rings (SSSR count). The van der Waals surface area contributed by atoms with Gasteiger partial charge in [-0.05, 0) is 19.3 Å². The highest BCUT2D eigenvalue weighted by Gasteiger charge is 2.45. The largest absolute Gasteiger partial charge is 0.383 e. The van der Waals surface area contributed by atoms with Crippen molar-refractivity contribution in [2.24, 2.45) is 0 Å². The smallest absolute Gasteiger partial charge is 0.0989 e. The van der Waals surface area contributed by atoms with Gasteiger partial charge in [0.1, 0.15) is 0 Å². The van der Waals surface area contributed by atoms with E-state index in [0.29, 0.717) is 17.1 Å². The van der Waals surface area contributed by atoms with Gasteiger partial charge < -0.3 is 18.9 Å². The molecule has 4 atom stereocenters. The molecule has 5 heteroatoms. The number of hydrogen-bond donors (Lipinski definition) is 0. The Balaban J connectivity index is 2.63. The number of thioether (sulfide) groups is 1. The van der Waals surface area contributed by atoms with Crippen molar-refractivity contribution in [1.82, 2.24) is 0 Å². The molecule has 0 aromatic heterocycles. The summed E-state index contributed by atoms with van der Waals surface area (Å²) >= 11 is 1.93. The summed E-state index contributed by atoms with van der Waals surface area (Å²) in [7, 11) is 1.77. The van der Waals surface area contributed by atoms with E-state index in [9.17, 15) is 0 Å². The molecule has 1 aliphatic rings. The fourth-order valence-corrected chi connectivity index (χ4v) is 4.43. The first-order valence-electron chi connectivity index (χ1n) is 9.73. The Kier molecular flexibility index (Phi) is 13.3. The lowest BCUT2D eigenvalue weighted by Gasteiger charge is -2.26. The minimum Gasteiger partial charge on any atom is -0.383 e. The second-order valence-electron chi connectivity index (χ2n) is 6.47. The summed E-state index contributed by atoms with van der Waals surface area (Å²) in [6.45, 7) is 10.5. The van der Waals surface area contributed by atoms with E-state index < -0.39 is 0 Å². The molecule has 1 heterocycles. The van der Waals surface area contributed by atoms with Crippen LogP contribution in [0.15, 0.2) is 0 Å². The zero-order valence-corrected chi connectivity index (χ0v) is 16.9. The third-order valence-electron chi connectivity index (χ3n) is 4.28. The minimum absolute atomic E-state index is 0.109. The van der Waals surface area contributed by atoms with Gasteiger partial charge in [0.15, 0.2) is 0 Å². The second-order valence-corrected chi connectivity index (χ2v) is 7.96. The third kappa shape index (κ3) is 8.05. The number of rotatable bonds is 15. The van der Waals surface area contributed by atoms with Gasteiger partial charge in [0.2, 0.25) is 0 Å². The summed E-state index contributed by atoms with van der Waals surface area (Å²) in [4.78, 5) is 0. The summed E-state index contributed by atoms with van der Waals surface area (Å²) in [6, 6.07) is 0. The van der Waals surface area contributed by atoms with Crippen LogP contribution in [0.25, 0.3) is 0 Å². The zero-order valence-electron chi connectivity index (χ0n) is 16.1. The minimum atomic E-state index is 0.109. The van der Waals surface area contributed by atoms with Crippen molar-refractivity contribution in [2.45, 2.75) is 82.0 Å². The van der Waals surface area contributed by atoms with Crippen LogP contribution in [0.2, 0.25) is 0 Å². The van der Waals surface area contributed by atoms with Gasteiger partial charge >= 0.3 is 0 Å². The van der Waals surface area contributed by atoms with Crippen molar-refractivity contribution in [1.29, 1.82) is 0 Å². The van der Waals surface area contributed by atoms with Crippen molar-refractivity contribution in [3.8, 4) is 0 Å². The van der Waals surface area contributed by atoms with Crippen LogP contribution >= 0.6 is 11.8 Å². The Morgan fingerprint density at radius 3 is 1.71 bits per heavy atom. The first kappa shape index (κ1) is 22.2. The normalized spacial score (nSPS) is 27.0. The van der Waals surface area contributed by atoms with Crippen LogP contribution in [0.1, 0.15) is 59.3 Å². The zero-order chi connectivity index (χ0) is 17.6. The van der Waals surface area contributed by atoms with Gasteiger partial charge in [-0.2, -0.15) is 0 Å². The molecule has 0 aromatic rings. The van der Waals surface area contributed by atoms with Gasteiger partial charge in [-0.15, -0.1) is 11.8 Å². The van der Waals surface area contributed by atoms with Gasteiger partial charge in [-0.1, -0.05) is 40.0 Å². The Morgan fingerprint density at radius 1 is 0.708 bits per heavy atom. The lowest BCUT2D eigenvalue weighted by Crippen LogP contribution is -2.40. The third-order valence-corrected chi connectivity index (χ3v) is 5.79. The van der Waals surface area contributed by atoms with Crippen LogP contribution in [0.3, 0.4) is 0 Å². The Morgan fingerprint density at radius 2 is 1.21 bits per heavy atom. The molecule has 0 aliphatic carbocycles. The quantitative estimate of drug-likeness (QED) is 0.406. The van der Waals surface area contributed by atoms with Crippen LogP contribution in [0.4, 0.5) is 0 Å². The molecular weight excluding hydrogens is 324 g/mol. The predicted octanol–water partition coefficient (Wildman–Crippen LogP) is 4.30. The summed E-state index contributed by atoms with van der Waals surface area (Å²) in [5.41, 5.74) is 0. The van der Waals surface area contributed by atoms with Crippen molar-refractivity contribution in [3.05, 3.63) is 0 Å². The fourth-order valence-electron chi connectivity index (χ4n) is 2.81. The molecule has 0 saturated carbocycles. The maximum absolute atomic E-state index is 6.25. The molecule has 0 N–H and O–H groups in total. The fraction of sp³-hybridized carbons (Fsp3) is 1.00. The van der Waals surface area contributed by atoms with Crippen LogP contribution in [-0.4, -0.2) is 62.9 Å². The maximum atomic E-state index is 6.25. The monoisotopic (exact) mass is 362 g/mol. The summed E-state index contributed by atoms with van der Waals surface area (Å²) in [6.07, 6.45) is 7.01. The van der Waals surface area contributed by atoms with Crippen LogP contribution in [-0.2, 0) is 18.9 Å². The molecule has 144 valence electrons. The topological polar surface area (TPSA) is 36.9 Å². The lowest BCUT2D eigenvalue weighted by molar-refractivity contribution is -0.0790. The summed E-state index contributed by atoms with van der Waals surface area (Å²) in [5, 5.41) is 0.670. The molecule has 1 unspecified atom stereocenters. The van der Waals surface area contributed by atoms with Crippen LogP contribution < -0.4 is 0 Å². The first-order valence-corrected chi connectivity index (χ1v) is 10.7. The first-order chi connectivity index (χ1) is 11.8. The van der Waals surface area contributed by atoms with Crippen LogP contribution in [0, 0.1) is 0 Å². The Hall–Kier alpha value is 0.190. The van der Waals surface area contributed by atoms with Crippen molar-refractivity contribution in [2.75, 3.05) is 40.1 Å². The highest BCUT2D eigenvalue weighted by atomic mass is 32.2. The molecule has 0 amide bonds. The van der Waals surface area contributed by atoms with E-state index in [-0.39, 0.29) is 12.2 Å².